The lowest BCUT2D eigenvalue weighted by molar-refractivity contribution is 0.323. The number of rotatable bonds is 4. The standard InChI is InChI=1S/C14H26N4/c1-4-10(2)13(15)14-17-16-11(3)18(14)12-8-6-5-7-9-12/h10,12-13H,4-9,15H2,1-3H3. The Morgan fingerprint density at radius 2 is 1.94 bits per heavy atom. The van der Waals surface area contributed by atoms with Crippen LogP contribution in [0.1, 0.15) is 76.1 Å². The fourth-order valence-corrected chi connectivity index (χ4v) is 2.91. The molecule has 2 rings (SSSR count). The molecule has 102 valence electrons. The van der Waals surface area contributed by atoms with Gasteiger partial charge in [-0.3, -0.25) is 0 Å². The highest BCUT2D eigenvalue weighted by Gasteiger charge is 2.26. The molecule has 1 aromatic rings. The van der Waals surface area contributed by atoms with Crippen LogP contribution in [0.3, 0.4) is 0 Å². The van der Waals surface area contributed by atoms with Crippen LogP contribution in [0.2, 0.25) is 0 Å². The normalized spacial score (nSPS) is 20.9. The third-order valence-corrected chi connectivity index (χ3v) is 4.39. The van der Waals surface area contributed by atoms with E-state index in [9.17, 15) is 0 Å². The van der Waals surface area contributed by atoms with Gasteiger partial charge in [0.05, 0.1) is 6.04 Å². The molecule has 18 heavy (non-hydrogen) atoms. The highest BCUT2D eigenvalue weighted by atomic mass is 15.3. The van der Waals surface area contributed by atoms with Gasteiger partial charge < -0.3 is 10.3 Å². The first kappa shape index (κ1) is 13.5. The van der Waals surface area contributed by atoms with Crippen LogP contribution in [0.5, 0.6) is 0 Å². The Bertz CT molecular complexity index is 379. The fourth-order valence-electron chi connectivity index (χ4n) is 2.91. The maximum atomic E-state index is 6.35. The molecule has 0 spiro atoms. The van der Waals surface area contributed by atoms with Crippen molar-refractivity contribution in [1.82, 2.24) is 14.8 Å². The quantitative estimate of drug-likeness (QED) is 0.893. The summed E-state index contributed by atoms with van der Waals surface area (Å²) in [5.41, 5.74) is 6.35. The molecule has 4 heteroatoms. The van der Waals surface area contributed by atoms with Crippen molar-refractivity contribution in [2.75, 3.05) is 0 Å². The summed E-state index contributed by atoms with van der Waals surface area (Å²) in [6, 6.07) is 0.581. The van der Waals surface area contributed by atoms with Crippen molar-refractivity contribution in [2.24, 2.45) is 11.7 Å². The minimum atomic E-state index is 0.0122. The first-order valence-electron chi connectivity index (χ1n) is 7.32. The molecular weight excluding hydrogens is 224 g/mol. The first-order valence-corrected chi connectivity index (χ1v) is 7.32. The van der Waals surface area contributed by atoms with Crippen molar-refractivity contribution in [3.63, 3.8) is 0 Å². The summed E-state index contributed by atoms with van der Waals surface area (Å²) in [6.45, 7) is 6.42. The van der Waals surface area contributed by atoms with Crippen LogP contribution in [-0.4, -0.2) is 14.8 Å². The van der Waals surface area contributed by atoms with Gasteiger partial charge in [0.25, 0.3) is 0 Å². The summed E-state index contributed by atoms with van der Waals surface area (Å²) in [4.78, 5) is 0. The van der Waals surface area contributed by atoms with Gasteiger partial charge in [0.2, 0.25) is 0 Å². The van der Waals surface area contributed by atoms with Crippen molar-refractivity contribution in [3.05, 3.63) is 11.6 Å². The smallest absolute Gasteiger partial charge is 0.150 e. The van der Waals surface area contributed by atoms with Gasteiger partial charge in [0, 0.05) is 6.04 Å². The second kappa shape index (κ2) is 5.83. The fraction of sp³-hybridized carbons (Fsp3) is 0.857. The van der Waals surface area contributed by atoms with Gasteiger partial charge in [0.1, 0.15) is 5.82 Å². The zero-order valence-electron chi connectivity index (χ0n) is 11.9. The van der Waals surface area contributed by atoms with E-state index in [4.69, 9.17) is 5.73 Å². The van der Waals surface area contributed by atoms with E-state index in [2.05, 4.69) is 35.5 Å². The summed E-state index contributed by atoms with van der Waals surface area (Å²) >= 11 is 0. The molecule has 2 atom stereocenters. The zero-order valence-corrected chi connectivity index (χ0v) is 11.9. The molecule has 0 amide bonds. The zero-order chi connectivity index (χ0) is 13.1. The third-order valence-electron chi connectivity index (χ3n) is 4.39. The van der Waals surface area contributed by atoms with E-state index in [1.807, 2.05) is 0 Å². The maximum Gasteiger partial charge on any atom is 0.150 e. The van der Waals surface area contributed by atoms with Gasteiger partial charge in [-0.15, -0.1) is 10.2 Å². The van der Waals surface area contributed by atoms with Crippen LogP contribution in [-0.2, 0) is 0 Å². The predicted octanol–water partition coefficient (Wildman–Crippen LogP) is 3.14. The number of nitrogens with zero attached hydrogens (tertiary/aromatic N) is 3. The van der Waals surface area contributed by atoms with Crippen LogP contribution in [0.15, 0.2) is 0 Å². The molecule has 4 nitrogen and oxygen atoms in total. The number of hydrogen-bond acceptors (Lipinski definition) is 3. The van der Waals surface area contributed by atoms with Gasteiger partial charge in [-0.1, -0.05) is 39.5 Å². The van der Waals surface area contributed by atoms with E-state index in [1.165, 1.54) is 32.1 Å². The lowest BCUT2D eigenvalue weighted by Gasteiger charge is -2.27. The molecule has 2 unspecified atom stereocenters. The van der Waals surface area contributed by atoms with Crippen molar-refractivity contribution in [1.29, 1.82) is 0 Å². The Labute approximate surface area is 110 Å². The largest absolute Gasteiger partial charge is 0.321 e. The van der Waals surface area contributed by atoms with Gasteiger partial charge in [-0.25, -0.2) is 0 Å². The second-order valence-electron chi connectivity index (χ2n) is 5.68. The van der Waals surface area contributed by atoms with Crippen LogP contribution >= 0.6 is 0 Å². The molecule has 1 aliphatic carbocycles. The molecule has 0 bridgehead atoms. The summed E-state index contributed by atoms with van der Waals surface area (Å²) in [7, 11) is 0. The van der Waals surface area contributed by atoms with Gasteiger partial charge in [-0.05, 0) is 25.7 Å². The monoisotopic (exact) mass is 250 g/mol. The Hall–Kier alpha value is -0.900. The molecule has 0 aromatic carbocycles. The molecule has 1 fully saturated rings. The van der Waals surface area contributed by atoms with Crippen LogP contribution in [0.4, 0.5) is 0 Å². The van der Waals surface area contributed by atoms with Crippen molar-refractivity contribution >= 4 is 0 Å². The number of aryl methyl sites for hydroxylation is 1. The molecule has 0 saturated heterocycles. The Kier molecular flexibility index (Phi) is 4.38. The van der Waals surface area contributed by atoms with Gasteiger partial charge in [0.15, 0.2) is 5.82 Å². The number of aromatic nitrogens is 3. The van der Waals surface area contributed by atoms with Crippen molar-refractivity contribution in [2.45, 2.75) is 71.4 Å². The van der Waals surface area contributed by atoms with Crippen molar-refractivity contribution in [3.8, 4) is 0 Å². The van der Waals surface area contributed by atoms with Crippen LogP contribution in [0.25, 0.3) is 0 Å². The first-order chi connectivity index (χ1) is 8.65. The molecule has 1 aliphatic rings. The average Bonchev–Trinajstić information content (AvgIpc) is 2.79. The van der Waals surface area contributed by atoms with Gasteiger partial charge in [-0.2, -0.15) is 0 Å². The lowest BCUT2D eigenvalue weighted by atomic mass is 9.94. The van der Waals surface area contributed by atoms with Crippen LogP contribution < -0.4 is 5.73 Å². The highest BCUT2D eigenvalue weighted by Crippen LogP contribution is 2.32. The Morgan fingerprint density at radius 1 is 1.28 bits per heavy atom. The number of nitrogens with two attached hydrogens (primary N) is 1. The maximum absolute atomic E-state index is 6.35. The van der Waals surface area contributed by atoms with E-state index in [0.717, 1.165) is 18.1 Å². The predicted molar refractivity (Wildman–Crippen MR) is 73.3 cm³/mol. The molecule has 2 N–H and O–H groups in total. The van der Waals surface area contributed by atoms with Crippen LogP contribution in [0, 0.1) is 12.8 Å². The molecule has 1 aromatic heterocycles. The minimum Gasteiger partial charge on any atom is -0.321 e. The average molecular weight is 250 g/mol. The molecular formula is C14H26N4. The highest BCUT2D eigenvalue weighted by molar-refractivity contribution is 5.03. The Balaban J connectivity index is 2.25. The van der Waals surface area contributed by atoms with Gasteiger partial charge >= 0.3 is 0 Å². The summed E-state index contributed by atoms with van der Waals surface area (Å²) < 4.78 is 2.32. The van der Waals surface area contributed by atoms with E-state index in [-0.39, 0.29) is 6.04 Å². The second-order valence-corrected chi connectivity index (χ2v) is 5.68. The van der Waals surface area contributed by atoms with E-state index >= 15 is 0 Å². The summed E-state index contributed by atoms with van der Waals surface area (Å²) in [6.07, 6.45) is 7.58. The molecule has 0 radical (unpaired) electrons. The van der Waals surface area contributed by atoms with E-state index in [1.54, 1.807) is 0 Å². The van der Waals surface area contributed by atoms with E-state index < -0.39 is 0 Å². The molecule has 0 aliphatic heterocycles. The van der Waals surface area contributed by atoms with E-state index in [0.29, 0.717) is 12.0 Å². The number of hydrogen-bond donors (Lipinski definition) is 1. The summed E-state index contributed by atoms with van der Waals surface area (Å²) in [5, 5.41) is 8.61. The third kappa shape index (κ3) is 2.58. The topological polar surface area (TPSA) is 56.7 Å². The Morgan fingerprint density at radius 3 is 2.56 bits per heavy atom. The molecule has 1 saturated carbocycles. The molecule has 1 heterocycles. The summed E-state index contributed by atoms with van der Waals surface area (Å²) in [5.74, 6) is 2.47. The van der Waals surface area contributed by atoms with Crippen molar-refractivity contribution < 1.29 is 0 Å². The lowest BCUT2D eigenvalue weighted by Crippen LogP contribution is -2.26. The SMILES string of the molecule is CCC(C)C(N)c1nnc(C)n1C1CCCCC1. The minimum absolute atomic E-state index is 0.0122.